The summed E-state index contributed by atoms with van der Waals surface area (Å²) in [5.74, 6) is 1.12. The second-order valence-corrected chi connectivity index (χ2v) is 8.08. The van der Waals surface area contributed by atoms with Gasteiger partial charge in [0.15, 0.2) is 4.34 Å². The average Bonchev–Trinajstić information content (AvgIpc) is 3.33. The molecule has 1 aliphatic heterocycles. The minimum absolute atomic E-state index is 0.0733. The number of thioether (sulfide) groups is 1. The predicted molar refractivity (Wildman–Crippen MR) is 98.8 cm³/mol. The Morgan fingerprint density at radius 3 is 2.92 bits per heavy atom. The Balaban J connectivity index is 1.44. The maximum Gasteiger partial charge on any atom is 0.261 e. The first-order valence-electron chi connectivity index (χ1n) is 8.24. The third-order valence-electron chi connectivity index (χ3n) is 3.79. The number of rotatable bonds is 7. The van der Waals surface area contributed by atoms with Crippen LogP contribution in [0.3, 0.4) is 0 Å². The zero-order chi connectivity index (χ0) is 18.5. The fraction of sp³-hybridized carbons (Fsp3) is 0.500. The molecule has 1 atom stereocenters. The molecule has 2 amide bonds. The molecule has 2 aromatic rings. The van der Waals surface area contributed by atoms with Crippen molar-refractivity contribution in [2.75, 3.05) is 24.2 Å². The Bertz CT molecular complexity index is 783. The van der Waals surface area contributed by atoms with Crippen molar-refractivity contribution in [2.24, 2.45) is 0 Å². The van der Waals surface area contributed by atoms with Crippen molar-refractivity contribution in [3.63, 3.8) is 0 Å². The summed E-state index contributed by atoms with van der Waals surface area (Å²) < 4.78 is 11.4. The molecule has 1 aliphatic rings. The topological polar surface area (TPSA) is 106 Å². The van der Waals surface area contributed by atoms with Crippen LogP contribution in [0.15, 0.2) is 14.8 Å². The van der Waals surface area contributed by atoms with Crippen LogP contribution in [0, 0.1) is 13.8 Å². The lowest BCUT2D eigenvalue weighted by atomic mass is 10.2. The van der Waals surface area contributed by atoms with Gasteiger partial charge in [-0.25, -0.2) is 0 Å². The van der Waals surface area contributed by atoms with Crippen LogP contribution in [0.2, 0.25) is 0 Å². The highest BCUT2D eigenvalue weighted by Gasteiger charge is 2.18. The summed E-state index contributed by atoms with van der Waals surface area (Å²) >= 11 is 2.51. The molecule has 0 radical (unpaired) electrons. The highest BCUT2D eigenvalue weighted by Crippen LogP contribution is 2.26. The van der Waals surface area contributed by atoms with Crippen molar-refractivity contribution >= 4 is 40.0 Å². The van der Waals surface area contributed by atoms with E-state index in [1.54, 1.807) is 19.9 Å². The van der Waals surface area contributed by atoms with Gasteiger partial charge >= 0.3 is 0 Å². The summed E-state index contributed by atoms with van der Waals surface area (Å²) in [7, 11) is 0. The van der Waals surface area contributed by atoms with Gasteiger partial charge in [-0.2, -0.15) is 0 Å². The van der Waals surface area contributed by atoms with E-state index in [2.05, 4.69) is 20.8 Å². The van der Waals surface area contributed by atoms with E-state index < -0.39 is 0 Å². The number of nitrogens with zero attached hydrogens (tertiary/aromatic N) is 2. The lowest BCUT2D eigenvalue weighted by Gasteiger charge is -2.09. The van der Waals surface area contributed by atoms with Crippen LogP contribution in [0.4, 0.5) is 5.13 Å². The molecular formula is C16H20N4O4S2. The van der Waals surface area contributed by atoms with Gasteiger partial charge in [0.2, 0.25) is 11.0 Å². The normalized spacial score (nSPS) is 16.6. The largest absolute Gasteiger partial charge is 0.466 e. The molecule has 0 spiro atoms. The van der Waals surface area contributed by atoms with Gasteiger partial charge < -0.3 is 14.5 Å². The number of anilines is 1. The summed E-state index contributed by atoms with van der Waals surface area (Å²) in [5, 5.41) is 13.9. The molecule has 0 saturated carbocycles. The molecule has 0 unspecified atom stereocenters. The van der Waals surface area contributed by atoms with Gasteiger partial charge in [0.05, 0.1) is 17.4 Å². The summed E-state index contributed by atoms with van der Waals surface area (Å²) in [5.41, 5.74) is 0.473. The molecule has 8 nitrogen and oxygen atoms in total. The first-order valence-corrected chi connectivity index (χ1v) is 10.0. The number of aromatic nitrogens is 2. The maximum atomic E-state index is 12.2. The molecule has 0 bridgehead atoms. The van der Waals surface area contributed by atoms with Crippen LogP contribution in [0.25, 0.3) is 0 Å². The van der Waals surface area contributed by atoms with E-state index in [1.807, 2.05) is 0 Å². The van der Waals surface area contributed by atoms with Crippen molar-refractivity contribution in [2.45, 2.75) is 37.1 Å². The molecule has 1 fully saturated rings. The summed E-state index contributed by atoms with van der Waals surface area (Å²) in [4.78, 5) is 24.1. The molecule has 1 saturated heterocycles. The second kappa shape index (κ2) is 8.65. The standard InChI is InChI=1S/C16H20N4O4S2/c1-9-6-12(10(2)24-9)14(22)18-15-19-20-16(26-15)25-8-13(21)17-7-11-4-3-5-23-11/h6,11H,3-5,7-8H2,1-2H3,(H,17,21)(H,18,19,22)/t11-/m0/s1. The number of carbonyl (C=O) groups is 2. The molecule has 10 heteroatoms. The minimum Gasteiger partial charge on any atom is -0.466 e. The fourth-order valence-electron chi connectivity index (χ4n) is 2.55. The zero-order valence-electron chi connectivity index (χ0n) is 14.5. The number of furan rings is 1. The monoisotopic (exact) mass is 396 g/mol. The Hall–Kier alpha value is -1.91. The van der Waals surface area contributed by atoms with Gasteiger partial charge in [-0.3, -0.25) is 14.9 Å². The van der Waals surface area contributed by atoms with Crippen molar-refractivity contribution in [3.05, 3.63) is 23.2 Å². The molecule has 2 N–H and O–H groups in total. The third kappa shape index (κ3) is 5.05. The minimum atomic E-state index is -0.290. The van der Waals surface area contributed by atoms with Crippen molar-refractivity contribution in [1.82, 2.24) is 15.5 Å². The Labute approximate surface area is 159 Å². The van der Waals surface area contributed by atoms with Crippen molar-refractivity contribution in [3.8, 4) is 0 Å². The van der Waals surface area contributed by atoms with Gasteiger partial charge in [-0.1, -0.05) is 23.1 Å². The van der Waals surface area contributed by atoms with E-state index in [4.69, 9.17) is 9.15 Å². The summed E-state index contributed by atoms with van der Waals surface area (Å²) in [6.07, 6.45) is 2.16. The zero-order valence-corrected chi connectivity index (χ0v) is 16.2. The Kier molecular flexibility index (Phi) is 6.28. The second-order valence-electron chi connectivity index (χ2n) is 5.88. The number of hydrogen-bond donors (Lipinski definition) is 2. The van der Waals surface area contributed by atoms with E-state index in [9.17, 15) is 9.59 Å². The van der Waals surface area contributed by atoms with E-state index in [-0.39, 0.29) is 23.7 Å². The number of nitrogens with one attached hydrogen (secondary N) is 2. The highest BCUT2D eigenvalue weighted by molar-refractivity contribution is 8.01. The van der Waals surface area contributed by atoms with Gasteiger partial charge in [0.1, 0.15) is 11.5 Å². The summed E-state index contributed by atoms with van der Waals surface area (Å²) in [6, 6.07) is 1.68. The first kappa shape index (κ1) is 18.9. The van der Waals surface area contributed by atoms with Gasteiger partial charge in [0.25, 0.3) is 5.91 Å². The average molecular weight is 396 g/mol. The van der Waals surface area contributed by atoms with E-state index in [1.165, 1.54) is 23.1 Å². The van der Waals surface area contributed by atoms with Crippen LogP contribution in [-0.2, 0) is 9.53 Å². The van der Waals surface area contributed by atoms with Gasteiger partial charge in [-0.15, -0.1) is 10.2 Å². The lowest BCUT2D eigenvalue weighted by Crippen LogP contribution is -2.32. The SMILES string of the molecule is Cc1cc(C(=O)Nc2nnc(SCC(=O)NC[C@@H]3CCCO3)s2)c(C)o1. The van der Waals surface area contributed by atoms with Crippen molar-refractivity contribution < 1.29 is 18.7 Å². The Morgan fingerprint density at radius 2 is 2.23 bits per heavy atom. The van der Waals surface area contributed by atoms with E-state index in [0.29, 0.717) is 33.1 Å². The molecule has 3 rings (SSSR count). The van der Waals surface area contributed by atoms with E-state index >= 15 is 0 Å². The molecule has 140 valence electrons. The van der Waals surface area contributed by atoms with Crippen LogP contribution in [0.5, 0.6) is 0 Å². The molecule has 0 aromatic carbocycles. The third-order valence-corrected chi connectivity index (χ3v) is 5.76. The number of amides is 2. The number of ether oxygens (including phenoxy) is 1. The Morgan fingerprint density at radius 1 is 1.38 bits per heavy atom. The molecular weight excluding hydrogens is 376 g/mol. The van der Waals surface area contributed by atoms with Gasteiger partial charge in [0, 0.05) is 13.2 Å². The number of carbonyl (C=O) groups excluding carboxylic acids is 2. The van der Waals surface area contributed by atoms with Crippen LogP contribution >= 0.6 is 23.1 Å². The number of hydrogen-bond acceptors (Lipinski definition) is 8. The molecule has 26 heavy (non-hydrogen) atoms. The quantitative estimate of drug-likeness (QED) is 0.547. The molecule has 3 heterocycles. The maximum absolute atomic E-state index is 12.2. The molecule has 0 aliphatic carbocycles. The van der Waals surface area contributed by atoms with Crippen LogP contribution < -0.4 is 10.6 Å². The van der Waals surface area contributed by atoms with Crippen LogP contribution in [0.1, 0.15) is 34.7 Å². The lowest BCUT2D eigenvalue weighted by molar-refractivity contribution is -0.119. The van der Waals surface area contributed by atoms with Gasteiger partial charge in [-0.05, 0) is 32.8 Å². The fourth-order valence-corrected chi connectivity index (χ4v) is 4.13. The van der Waals surface area contributed by atoms with Crippen LogP contribution in [-0.4, -0.2) is 47.0 Å². The van der Waals surface area contributed by atoms with Crippen molar-refractivity contribution in [1.29, 1.82) is 0 Å². The smallest absolute Gasteiger partial charge is 0.261 e. The first-order chi connectivity index (χ1) is 12.5. The predicted octanol–water partition coefficient (Wildman–Crippen LogP) is 2.39. The molecule has 2 aromatic heterocycles. The van der Waals surface area contributed by atoms with E-state index in [0.717, 1.165) is 19.4 Å². The number of aryl methyl sites for hydroxylation is 2. The summed E-state index contributed by atoms with van der Waals surface area (Å²) in [6.45, 7) is 4.83. The highest BCUT2D eigenvalue weighted by atomic mass is 32.2.